The van der Waals surface area contributed by atoms with Crippen molar-refractivity contribution in [3.8, 4) is 0 Å². The van der Waals surface area contributed by atoms with E-state index in [1.165, 1.54) is 17.6 Å². The van der Waals surface area contributed by atoms with Crippen LogP contribution in [0.2, 0.25) is 0 Å². The van der Waals surface area contributed by atoms with E-state index in [1.807, 2.05) is 20.8 Å². The quantitative estimate of drug-likeness (QED) is 0.775. The molecule has 2 N–H and O–H groups in total. The molecular weight excluding hydrogens is 336 g/mol. The third kappa shape index (κ3) is 6.39. The lowest BCUT2D eigenvalue weighted by atomic mass is 9.91. The lowest BCUT2D eigenvalue weighted by Gasteiger charge is -2.30. The van der Waals surface area contributed by atoms with Crippen LogP contribution in [0.5, 0.6) is 0 Å². The Balaban J connectivity index is 1.38. The molecule has 0 radical (unpaired) electrons. The van der Waals surface area contributed by atoms with E-state index in [-0.39, 0.29) is 12.1 Å². The van der Waals surface area contributed by atoms with E-state index < -0.39 is 5.60 Å². The molecule has 1 aromatic carbocycles. The largest absolute Gasteiger partial charge is 0.444 e. The van der Waals surface area contributed by atoms with Gasteiger partial charge in [0.25, 0.3) is 0 Å². The average Bonchev–Trinajstić information content (AvgIpc) is 3.35. The normalized spacial score (nSPS) is 28.5. The fourth-order valence-electron chi connectivity index (χ4n) is 3.98. The second kappa shape index (κ2) is 8.47. The van der Waals surface area contributed by atoms with Gasteiger partial charge in [-0.1, -0.05) is 42.0 Å². The van der Waals surface area contributed by atoms with Crippen molar-refractivity contribution in [1.82, 2.24) is 10.6 Å². The van der Waals surface area contributed by atoms with Crippen LogP contribution in [-0.2, 0) is 4.74 Å². The Morgan fingerprint density at radius 2 is 1.70 bits per heavy atom. The number of benzene rings is 1. The minimum Gasteiger partial charge on any atom is -0.444 e. The van der Waals surface area contributed by atoms with Gasteiger partial charge in [-0.25, -0.2) is 4.79 Å². The molecule has 0 aromatic heterocycles. The van der Waals surface area contributed by atoms with Crippen molar-refractivity contribution in [3.63, 3.8) is 0 Å². The second-order valence-electron chi connectivity index (χ2n) is 9.11. The SMILES string of the molecule is C/C(=C\c1ccccc1)[C@H]1C[C@@H]1NC1CCC(NC(=O)OC(C)(C)C)CC1. The van der Waals surface area contributed by atoms with E-state index in [4.69, 9.17) is 4.74 Å². The predicted molar refractivity (Wildman–Crippen MR) is 111 cm³/mol. The maximum Gasteiger partial charge on any atom is 0.407 e. The van der Waals surface area contributed by atoms with Crippen molar-refractivity contribution in [2.45, 2.75) is 83.5 Å². The van der Waals surface area contributed by atoms with Crippen LogP contribution >= 0.6 is 0 Å². The van der Waals surface area contributed by atoms with Crippen molar-refractivity contribution in [2.75, 3.05) is 0 Å². The van der Waals surface area contributed by atoms with Gasteiger partial charge in [0.15, 0.2) is 0 Å². The number of alkyl carbamates (subject to hydrolysis) is 1. The maximum absolute atomic E-state index is 11.9. The molecule has 0 heterocycles. The highest BCUT2D eigenvalue weighted by molar-refractivity contribution is 5.68. The molecule has 2 saturated carbocycles. The molecule has 27 heavy (non-hydrogen) atoms. The molecule has 4 nitrogen and oxygen atoms in total. The summed E-state index contributed by atoms with van der Waals surface area (Å²) in [5, 5.41) is 6.86. The minimum atomic E-state index is -0.436. The topological polar surface area (TPSA) is 50.4 Å². The van der Waals surface area contributed by atoms with E-state index in [0.29, 0.717) is 18.0 Å². The monoisotopic (exact) mass is 370 g/mol. The van der Waals surface area contributed by atoms with E-state index in [2.05, 4.69) is 54.0 Å². The molecule has 0 saturated heterocycles. The van der Waals surface area contributed by atoms with E-state index in [9.17, 15) is 4.79 Å². The van der Waals surface area contributed by atoms with E-state index >= 15 is 0 Å². The fourth-order valence-corrected chi connectivity index (χ4v) is 3.98. The molecular formula is C23H34N2O2. The third-order valence-electron chi connectivity index (χ3n) is 5.47. The van der Waals surface area contributed by atoms with Gasteiger partial charge in [-0.05, 0) is 71.3 Å². The van der Waals surface area contributed by atoms with Gasteiger partial charge in [-0.3, -0.25) is 0 Å². The summed E-state index contributed by atoms with van der Waals surface area (Å²) in [5.41, 5.74) is 2.32. The molecule has 4 heteroatoms. The molecule has 0 aliphatic heterocycles. The van der Waals surface area contributed by atoms with Crippen molar-refractivity contribution in [3.05, 3.63) is 41.5 Å². The molecule has 2 aliphatic carbocycles. The smallest absolute Gasteiger partial charge is 0.407 e. The first kappa shape index (κ1) is 19.9. The summed E-state index contributed by atoms with van der Waals surface area (Å²) >= 11 is 0. The second-order valence-corrected chi connectivity index (χ2v) is 9.11. The van der Waals surface area contributed by atoms with Crippen LogP contribution in [0.25, 0.3) is 6.08 Å². The number of ether oxygens (including phenoxy) is 1. The third-order valence-corrected chi connectivity index (χ3v) is 5.47. The first-order valence-corrected chi connectivity index (χ1v) is 10.3. The maximum atomic E-state index is 11.9. The van der Waals surface area contributed by atoms with Gasteiger partial charge in [0.2, 0.25) is 0 Å². The van der Waals surface area contributed by atoms with Crippen LogP contribution in [-0.4, -0.2) is 29.8 Å². The Labute approximate surface area is 163 Å². The summed E-state index contributed by atoms with van der Waals surface area (Å²) in [4.78, 5) is 11.9. The Kier molecular flexibility index (Phi) is 6.25. The Hall–Kier alpha value is -1.81. The number of hydrogen-bond acceptors (Lipinski definition) is 3. The minimum absolute atomic E-state index is 0.243. The predicted octanol–water partition coefficient (Wildman–Crippen LogP) is 4.90. The fraction of sp³-hybridized carbons (Fsp3) is 0.609. The van der Waals surface area contributed by atoms with Crippen LogP contribution in [0.4, 0.5) is 4.79 Å². The molecule has 0 spiro atoms. The molecule has 0 unspecified atom stereocenters. The van der Waals surface area contributed by atoms with Gasteiger partial charge in [0.05, 0.1) is 0 Å². The highest BCUT2D eigenvalue weighted by Gasteiger charge is 2.39. The van der Waals surface area contributed by atoms with Crippen LogP contribution in [0, 0.1) is 5.92 Å². The van der Waals surface area contributed by atoms with Crippen LogP contribution in [0.1, 0.15) is 65.4 Å². The van der Waals surface area contributed by atoms with Crippen molar-refractivity contribution in [1.29, 1.82) is 0 Å². The van der Waals surface area contributed by atoms with E-state index in [1.54, 1.807) is 0 Å². The van der Waals surface area contributed by atoms with Gasteiger partial charge < -0.3 is 15.4 Å². The van der Waals surface area contributed by atoms with E-state index in [0.717, 1.165) is 25.7 Å². The lowest BCUT2D eigenvalue weighted by Crippen LogP contribution is -2.44. The average molecular weight is 371 g/mol. The standard InChI is InChI=1S/C23H34N2O2/c1-16(14-17-8-6-5-7-9-17)20-15-21(20)24-18-10-12-19(13-11-18)25-22(26)27-23(2,3)4/h5-9,14,18-21,24H,10-13,15H2,1-4H3,(H,25,26)/b16-14+/t18?,19?,20-,21+/m1/s1. The number of carbonyl (C=O) groups is 1. The van der Waals surface area contributed by atoms with Crippen LogP contribution in [0.3, 0.4) is 0 Å². The molecule has 148 valence electrons. The number of amides is 1. The molecule has 2 fully saturated rings. The molecule has 1 amide bonds. The summed E-state index contributed by atoms with van der Waals surface area (Å²) in [6.45, 7) is 7.94. The highest BCUT2D eigenvalue weighted by atomic mass is 16.6. The van der Waals surface area contributed by atoms with Crippen LogP contribution in [0.15, 0.2) is 35.9 Å². The summed E-state index contributed by atoms with van der Waals surface area (Å²) in [6, 6.07) is 12.0. The highest BCUT2D eigenvalue weighted by Crippen LogP contribution is 2.39. The van der Waals surface area contributed by atoms with Gasteiger partial charge in [0, 0.05) is 18.1 Å². The summed E-state index contributed by atoms with van der Waals surface area (Å²) in [7, 11) is 0. The molecule has 3 rings (SSSR count). The zero-order chi connectivity index (χ0) is 19.4. The molecule has 0 bridgehead atoms. The number of hydrogen-bond donors (Lipinski definition) is 2. The number of nitrogens with one attached hydrogen (secondary N) is 2. The van der Waals surface area contributed by atoms with Gasteiger partial charge in [-0.2, -0.15) is 0 Å². The Bertz CT molecular complexity index is 655. The number of rotatable bonds is 5. The first-order valence-electron chi connectivity index (χ1n) is 10.3. The van der Waals surface area contributed by atoms with Crippen molar-refractivity contribution in [2.24, 2.45) is 5.92 Å². The molecule has 1 aromatic rings. The molecule has 2 aliphatic rings. The summed E-state index contributed by atoms with van der Waals surface area (Å²) in [6.07, 6.45) is 7.54. The van der Waals surface area contributed by atoms with Gasteiger partial charge in [-0.15, -0.1) is 0 Å². The lowest BCUT2D eigenvalue weighted by molar-refractivity contribution is 0.0489. The number of carbonyl (C=O) groups excluding carboxylic acids is 1. The Morgan fingerprint density at radius 3 is 2.33 bits per heavy atom. The first-order chi connectivity index (χ1) is 12.8. The summed E-state index contributed by atoms with van der Waals surface area (Å²) in [5.74, 6) is 0.669. The molecule has 2 atom stereocenters. The van der Waals surface area contributed by atoms with Gasteiger partial charge in [0.1, 0.15) is 5.60 Å². The zero-order valence-corrected chi connectivity index (χ0v) is 17.1. The van der Waals surface area contributed by atoms with Gasteiger partial charge >= 0.3 is 6.09 Å². The summed E-state index contributed by atoms with van der Waals surface area (Å²) < 4.78 is 5.36. The van der Waals surface area contributed by atoms with Crippen molar-refractivity contribution >= 4 is 12.2 Å². The zero-order valence-electron chi connectivity index (χ0n) is 17.1. The van der Waals surface area contributed by atoms with Crippen molar-refractivity contribution < 1.29 is 9.53 Å². The van der Waals surface area contributed by atoms with Crippen LogP contribution < -0.4 is 10.6 Å². The Morgan fingerprint density at radius 1 is 1.07 bits per heavy atom.